The molecule has 0 aromatic heterocycles. The number of carbonyl (C=O) groups excluding carboxylic acids is 1. The molecule has 0 aromatic carbocycles. The predicted octanol–water partition coefficient (Wildman–Crippen LogP) is -10.2. The second-order valence-electron chi connectivity index (χ2n) is 13.1. The van der Waals surface area contributed by atoms with Crippen LogP contribution >= 0.6 is 0 Å². The zero-order chi connectivity index (χ0) is 39.3. The molecule has 0 radical (unpaired) electrons. The van der Waals surface area contributed by atoms with Crippen molar-refractivity contribution < 1.29 is 114 Å². The van der Waals surface area contributed by atoms with Crippen LogP contribution in [0, 0.1) is 0 Å². The Balaban J connectivity index is 1.46. The van der Waals surface area contributed by atoms with Gasteiger partial charge in [0.15, 0.2) is 25.2 Å². The van der Waals surface area contributed by atoms with Crippen LogP contribution in [0.2, 0.25) is 0 Å². The van der Waals surface area contributed by atoms with Crippen LogP contribution in [0.25, 0.3) is 0 Å². The SMILES string of the molecule is CC(=O)N[C@H]1[C@H](O[C@H]2[C@@H](OC[C@H](O)CO)O[C@H](CO)[C@@H](O)[C@@H]2O)O[C@H](CO[C@@H]2O[C@H](CO[C@H]3O[C@H](CO)[C@H](O)[C@H](O)[C@H]3O)[C@H](O)[C@H](O)[C@H]2O)[C@H](O)[C@@H]1O. The summed E-state index contributed by atoms with van der Waals surface area (Å²) in [5.74, 6) is -0.726. The topological polar surface area (TPSA) is 386 Å². The van der Waals surface area contributed by atoms with Crippen LogP contribution in [0.5, 0.6) is 0 Å². The molecule has 15 N–H and O–H groups in total. The predicted molar refractivity (Wildman–Crippen MR) is 162 cm³/mol. The number of rotatable bonds is 15. The first-order valence-corrected chi connectivity index (χ1v) is 16.7. The van der Waals surface area contributed by atoms with Crippen LogP contribution in [0.4, 0.5) is 0 Å². The van der Waals surface area contributed by atoms with Gasteiger partial charge in [0.25, 0.3) is 0 Å². The van der Waals surface area contributed by atoms with Crippen molar-refractivity contribution in [1.82, 2.24) is 5.32 Å². The number of hydrogen-bond acceptors (Lipinski definition) is 23. The molecule has 21 atom stereocenters. The molecule has 0 unspecified atom stereocenters. The fraction of sp³-hybridized carbons (Fsp3) is 0.966. The van der Waals surface area contributed by atoms with E-state index in [-0.39, 0.29) is 0 Å². The zero-order valence-corrected chi connectivity index (χ0v) is 28.3. The number of nitrogens with one attached hydrogen (secondary N) is 1. The smallest absolute Gasteiger partial charge is 0.217 e. The standard InChI is InChI=1S/C29H51NO23/c1-8(34)30-14-19(40)17(38)12(51-26(14)53-25-22(43)16(37)11(4-33)50-29(25)46-5-9(35)2-31)6-48-28-24(45)21(42)18(39)13(52-28)7-47-27-23(44)20(41)15(36)10(3-32)49-27/h9-29,31-33,35-45H,2-7H2,1H3,(H,30,34)/t9-,10-,11-,12-,13-,14-,15+,16-,17+,18+,19-,20+,21+,22+,23-,24-,25-,26+,27+,28-,29+/m1/s1. The summed E-state index contributed by atoms with van der Waals surface area (Å²) in [5.41, 5.74) is 0. The summed E-state index contributed by atoms with van der Waals surface area (Å²) >= 11 is 0. The van der Waals surface area contributed by atoms with Gasteiger partial charge in [-0.15, -0.1) is 0 Å². The van der Waals surface area contributed by atoms with Crippen molar-refractivity contribution in [3.63, 3.8) is 0 Å². The highest BCUT2D eigenvalue weighted by Gasteiger charge is 2.53. The number of hydrogen-bond donors (Lipinski definition) is 15. The van der Waals surface area contributed by atoms with Gasteiger partial charge in [-0.1, -0.05) is 0 Å². The average molecular weight is 782 g/mol. The van der Waals surface area contributed by atoms with Crippen molar-refractivity contribution in [2.75, 3.05) is 39.6 Å². The monoisotopic (exact) mass is 781 g/mol. The summed E-state index contributed by atoms with van der Waals surface area (Å²) in [7, 11) is 0. The van der Waals surface area contributed by atoms with Crippen LogP contribution in [-0.4, -0.2) is 246 Å². The largest absolute Gasteiger partial charge is 0.394 e. The molecule has 0 saturated carbocycles. The van der Waals surface area contributed by atoms with Crippen molar-refractivity contribution in [1.29, 1.82) is 0 Å². The second-order valence-corrected chi connectivity index (χ2v) is 13.1. The Kier molecular flexibility index (Phi) is 16.4. The molecule has 0 spiro atoms. The van der Waals surface area contributed by atoms with E-state index in [1.54, 1.807) is 0 Å². The van der Waals surface area contributed by atoms with E-state index in [1.807, 2.05) is 0 Å². The first-order valence-electron chi connectivity index (χ1n) is 16.7. The highest BCUT2D eigenvalue weighted by molar-refractivity contribution is 5.73. The maximum absolute atomic E-state index is 12.0. The fourth-order valence-corrected chi connectivity index (χ4v) is 6.10. The summed E-state index contributed by atoms with van der Waals surface area (Å²) in [6.07, 6.45) is -34.1. The lowest BCUT2D eigenvalue weighted by molar-refractivity contribution is -0.363. The molecule has 0 aromatic rings. The van der Waals surface area contributed by atoms with Crippen molar-refractivity contribution in [3.05, 3.63) is 0 Å². The number of carbonyl (C=O) groups is 1. The Morgan fingerprint density at radius 3 is 1.49 bits per heavy atom. The van der Waals surface area contributed by atoms with E-state index in [0.717, 1.165) is 6.92 Å². The van der Waals surface area contributed by atoms with Gasteiger partial charge in [-0.25, -0.2) is 0 Å². The minimum Gasteiger partial charge on any atom is -0.394 e. The lowest BCUT2D eigenvalue weighted by atomic mass is 9.95. The molecule has 310 valence electrons. The third-order valence-electron chi connectivity index (χ3n) is 9.22. The molecule has 4 aliphatic rings. The Hall–Kier alpha value is -1.41. The number of aliphatic hydroxyl groups excluding tert-OH is 14. The average Bonchev–Trinajstić information content (AvgIpc) is 3.14. The van der Waals surface area contributed by atoms with E-state index in [4.69, 9.17) is 43.0 Å². The summed E-state index contributed by atoms with van der Waals surface area (Å²) in [6, 6.07) is -1.56. The fourth-order valence-electron chi connectivity index (χ4n) is 6.10. The van der Waals surface area contributed by atoms with Gasteiger partial charge in [0, 0.05) is 6.92 Å². The van der Waals surface area contributed by atoms with Gasteiger partial charge in [-0.2, -0.15) is 0 Å². The lowest BCUT2D eigenvalue weighted by Crippen LogP contribution is -2.68. The normalized spacial score (nSPS) is 47.2. The van der Waals surface area contributed by atoms with Gasteiger partial charge in [-0.05, 0) is 0 Å². The number of aliphatic hydroxyl groups is 14. The van der Waals surface area contributed by atoms with E-state index in [0.29, 0.717) is 0 Å². The quantitative estimate of drug-likeness (QED) is 0.0733. The molecule has 1 amide bonds. The van der Waals surface area contributed by atoms with Crippen LogP contribution in [-0.2, 0) is 42.7 Å². The number of amides is 1. The van der Waals surface area contributed by atoms with Gasteiger partial charge >= 0.3 is 0 Å². The minimum absolute atomic E-state index is 0.570. The van der Waals surface area contributed by atoms with Gasteiger partial charge in [0.1, 0.15) is 104 Å². The summed E-state index contributed by atoms with van der Waals surface area (Å²) in [4.78, 5) is 12.0. The molecule has 4 fully saturated rings. The van der Waals surface area contributed by atoms with E-state index in [1.165, 1.54) is 0 Å². The Morgan fingerprint density at radius 2 is 1.00 bits per heavy atom. The van der Waals surface area contributed by atoms with Crippen LogP contribution < -0.4 is 5.32 Å². The van der Waals surface area contributed by atoms with E-state index in [2.05, 4.69) is 5.32 Å². The van der Waals surface area contributed by atoms with E-state index >= 15 is 0 Å². The van der Waals surface area contributed by atoms with Crippen LogP contribution in [0.3, 0.4) is 0 Å². The van der Waals surface area contributed by atoms with E-state index < -0.39 is 174 Å². The second kappa shape index (κ2) is 19.6. The molecule has 0 bridgehead atoms. The van der Waals surface area contributed by atoms with Gasteiger partial charge in [0.2, 0.25) is 5.91 Å². The van der Waals surface area contributed by atoms with Gasteiger partial charge in [-0.3, -0.25) is 4.79 Å². The van der Waals surface area contributed by atoms with Crippen LogP contribution in [0.1, 0.15) is 6.92 Å². The minimum atomic E-state index is -1.93. The Labute approximate surface area is 301 Å². The molecule has 24 heteroatoms. The first-order chi connectivity index (χ1) is 25.0. The van der Waals surface area contributed by atoms with Gasteiger partial charge in [0.05, 0.1) is 39.6 Å². The van der Waals surface area contributed by atoms with E-state index in [9.17, 15) is 71.2 Å². The Morgan fingerprint density at radius 1 is 0.566 bits per heavy atom. The molecule has 4 aliphatic heterocycles. The highest BCUT2D eigenvalue weighted by Crippen LogP contribution is 2.31. The molecular weight excluding hydrogens is 730 g/mol. The van der Waals surface area contributed by atoms with Crippen molar-refractivity contribution >= 4 is 5.91 Å². The molecule has 24 nitrogen and oxygen atoms in total. The Bertz CT molecular complexity index is 1130. The zero-order valence-electron chi connectivity index (χ0n) is 28.3. The maximum Gasteiger partial charge on any atom is 0.217 e. The van der Waals surface area contributed by atoms with Crippen molar-refractivity contribution in [3.8, 4) is 0 Å². The first kappa shape index (κ1) is 44.3. The maximum atomic E-state index is 12.0. The summed E-state index contributed by atoms with van der Waals surface area (Å²) in [6.45, 7) is -3.18. The van der Waals surface area contributed by atoms with Crippen molar-refractivity contribution in [2.45, 2.75) is 136 Å². The van der Waals surface area contributed by atoms with Crippen molar-refractivity contribution in [2.24, 2.45) is 0 Å². The number of ether oxygens (including phenoxy) is 8. The third-order valence-corrected chi connectivity index (χ3v) is 9.22. The third kappa shape index (κ3) is 10.3. The van der Waals surface area contributed by atoms with Crippen LogP contribution in [0.15, 0.2) is 0 Å². The lowest BCUT2D eigenvalue weighted by Gasteiger charge is -2.47. The molecule has 53 heavy (non-hydrogen) atoms. The van der Waals surface area contributed by atoms with Gasteiger partial charge < -0.3 is 115 Å². The highest BCUT2D eigenvalue weighted by atomic mass is 16.8. The molecular formula is C29H51NO23. The molecule has 0 aliphatic carbocycles. The molecule has 4 rings (SSSR count). The summed E-state index contributed by atoms with van der Waals surface area (Å²) < 4.78 is 44.3. The molecule has 4 saturated heterocycles. The molecule has 4 heterocycles. The summed E-state index contributed by atoms with van der Waals surface area (Å²) in [5, 5.41) is 145.